The van der Waals surface area contributed by atoms with Crippen LogP contribution in [-0.2, 0) is 10.2 Å². The van der Waals surface area contributed by atoms with E-state index in [9.17, 15) is 9.59 Å². The van der Waals surface area contributed by atoms with Gasteiger partial charge in [-0.3, -0.25) is 9.59 Å². The van der Waals surface area contributed by atoms with Crippen molar-refractivity contribution in [2.24, 2.45) is 5.92 Å². The molecule has 1 aliphatic rings. The molecule has 1 fully saturated rings. The fourth-order valence-corrected chi connectivity index (χ4v) is 3.33. The van der Waals surface area contributed by atoms with Gasteiger partial charge in [-0.1, -0.05) is 45.0 Å². The smallest absolute Gasteiger partial charge is 0.255 e. The minimum absolute atomic E-state index is 0. The number of halogens is 1. The number of piperidine rings is 1. The molecule has 29 heavy (non-hydrogen) atoms. The van der Waals surface area contributed by atoms with Crippen molar-refractivity contribution in [1.82, 2.24) is 5.32 Å². The van der Waals surface area contributed by atoms with E-state index in [1.165, 1.54) is 5.56 Å². The van der Waals surface area contributed by atoms with Crippen LogP contribution in [0.2, 0.25) is 0 Å². The van der Waals surface area contributed by atoms with Crippen LogP contribution in [0.3, 0.4) is 0 Å². The Bertz CT molecular complexity index is 838. The molecule has 0 aromatic heterocycles. The molecule has 1 saturated heterocycles. The molecule has 156 valence electrons. The summed E-state index contributed by atoms with van der Waals surface area (Å²) >= 11 is 0. The van der Waals surface area contributed by atoms with Gasteiger partial charge in [0.2, 0.25) is 5.91 Å². The topological polar surface area (TPSA) is 70.2 Å². The molecule has 2 aromatic rings. The number of hydrogen-bond donors (Lipinski definition) is 3. The summed E-state index contributed by atoms with van der Waals surface area (Å²) in [5, 5.41) is 9.15. The summed E-state index contributed by atoms with van der Waals surface area (Å²) < 4.78 is 0. The third kappa shape index (κ3) is 6.05. The minimum Gasteiger partial charge on any atom is -0.324 e. The second kappa shape index (κ2) is 9.90. The van der Waals surface area contributed by atoms with Crippen molar-refractivity contribution in [1.29, 1.82) is 0 Å². The zero-order chi connectivity index (χ0) is 20.1. The van der Waals surface area contributed by atoms with Gasteiger partial charge < -0.3 is 16.0 Å². The van der Waals surface area contributed by atoms with Crippen LogP contribution in [0.1, 0.15) is 49.5 Å². The van der Waals surface area contributed by atoms with Gasteiger partial charge in [0, 0.05) is 12.1 Å². The largest absolute Gasteiger partial charge is 0.324 e. The third-order valence-corrected chi connectivity index (χ3v) is 5.11. The molecule has 3 N–H and O–H groups in total. The van der Waals surface area contributed by atoms with E-state index in [-0.39, 0.29) is 35.6 Å². The van der Waals surface area contributed by atoms with E-state index in [1.54, 1.807) is 6.07 Å². The molecular formula is C23H30ClN3O2. The van der Waals surface area contributed by atoms with Crippen molar-refractivity contribution >= 4 is 35.6 Å². The van der Waals surface area contributed by atoms with E-state index in [0.717, 1.165) is 19.4 Å². The average molecular weight is 416 g/mol. The van der Waals surface area contributed by atoms with E-state index in [0.29, 0.717) is 23.5 Å². The van der Waals surface area contributed by atoms with Crippen LogP contribution in [0.15, 0.2) is 48.5 Å². The van der Waals surface area contributed by atoms with E-state index >= 15 is 0 Å². The molecule has 0 aliphatic carbocycles. The van der Waals surface area contributed by atoms with Crippen LogP contribution in [-0.4, -0.2) is 24.9 Å². The lowest BCUT2D eigenvalue weighted by Gasteiger charge is -2.22. The maximum Gasteiger partial charge on any atom is 0.255 e. The first-order chi connectivity index (χ1) is 13.3. The molecule has 1 atom stereocenters. The standard InChI is InChI=1S/C23H29N3O2.ClH/c1-23(2,3)18-12-10-16(11-13-18)21(27)25-19-8-4-5-9-20(19)26-22(28)17-7-6-14-24-15-17;/h4-5,8-13,17,24H,6-7,14-15H2,1-3H3,(H,25,27)(H,26,28);1H. The van der Waals surface area contributed by atoms with Crippen molar-refractivity contribution in [3.8, 4) is 0 Å². The molecular weight excluding hydrogens is 386 g/mol. The Morgan fingerprint density at radius 2 is 1.59 bits per heavy atom. The highest BCUT2D eigenvalue weighted by molar-refractivity contribution is 6.07. The minimum atomic E-state index is -0.193. The van der Waals surface area contributed by atoms with Gasteiger partial charge in [0.25, 0.3) is 5.91 Å². The SMILES string of the molecule is CC(C)(C)c1ccc(C(=O)Nc2ccccc2NC(=O)C2CCCNC2)cc1.Cl. The maximum absolute atomic E-state index is 12.7. The van der Waals surface area contributed by atoms with Crippen LogP contribution in [0.4, 0.5) is 11.4 Å². The summed E-state index contributed by atoms with van der Waals surface area (Å²) in [5.41, 5.74) is 3.03. The van der Waals surface area contributed by atoms with Gasteiger partial charge in [0.1, 0.15) is 0 Å². The predicted octanol–water partition coefficient (Wildman–Crippen LogP) is 4.60. The van der Waals surface area contributed by atoms with Crippen LogP contribution in [0.5, 0.6) is 0 Å². The van der Waals surface area contributed by atoms with Crippen LogP contribution in [0.25, 0.3) is 0 Å². The van der Waals surface area contributed by atoms with E-state index in [1.807, 2.05) is 42.5 Å². The summed E-state index contributed by atoms with van der Waals surface area (Å²) in [6, 6.07) is 15.0. The molecule has 0 saturated carbocycles. The number of amides is 2. The number of nitrogens with one attached hydrogen (secondary N) is 3. The van der Waals surface area contributed by atoms with Gasteiger partial charge in [-0.2, -0.15) is 0 Å². The molecule has 2 aromatic carbocycles. The highest BCUT2D eigenvalue weighted by Crippen LogP contribution is 2.25. The number of carbonyl (C=O) groups is 2. The quantitative estimate of drug-likeness (QED) is 0.683. The van der Waals surface area contributed by atoms with E-state index in [4.69, 9.17) is 0 Å². The van der Waals surface area contributed by atoms with Crippen LogP contribution in [0, 0.1) is 5.92 Å². The molecule has 2 amide bonds. The highest BCUT2D eigenvalue weighted by atomic mass is 35.5. The summed E-state index contributed by atoms with van der Waals surface area (Å²) in [6.45, 7) is 8.08. The monoisotopic (exact) mass is 415 g/mol. The fraction of sp³-hybridized carbons (Fsp3) is 0.391. The Kier molecular flexibility index (Phi) is 7.82. The van der Waals surface area contributed by atoms with Gasteiger partial charge in [-0.05, 0) is 54.6 Å². The lowest BCUT2D eigenvalue weighted by molar-refractivity contribution is -0.120. The molecule has 0 bridgehead atoms. The molecule has 5 nitrogen and oxygen atoms in total. The molecule has 0 radical (unpaired) electrons. The highest BCUT2D eigenvalue weighted by Gasteiger charge is 2.22. The Hall–Kier alpha value is -2.37. The van der Waals surface area contributed by atoms with Crippen molar-refractivity contribution in [3.63, 3.8) is 0 Å². The first-order valence-corrected chi connectivity index (χ1v) is 9.87. The molecule has 6 heteroatoms. The average Bonchev–Trinajstić information content (AvgIpc) is 2.69. The third-order valence-electron chi connectivity index (χ3n) is 5.11. The number of para-hydroxylation sites is 2. The normalized spacial score (nSPS) is 16.4. The summed E-state index contributed by atoms with van der Waals surface area (Å²) in [6.07, 6.45) is 1.88. The number of carbonyl (C=O) groups excluding carboxylic acids is 2. The number of anilines is 2. The first kappa shape index (κ1) is 22.9. The fourth-order valence-electron chi connectivity index (χ4n) is 3.33. The van der Waals surface area contributed by atoms with Crippen molar-refractivity contribution < 1.29 is 9.59 Å². The number of benzene rings is 2. The molecule has 0 spiro atoms. The van der Waals surface area contributed by atoms with Crippen molar-refractivity contribution in [2.45, 2.75) is 39.0 Å². The van der Waals surface area contributed by atoms with E-state index < -0.39 is 0 Å². The zero-order valence-corrected chi connectivity index (χ0v) is 18.1. The Morgan fingerprint density at radius 3 is 2.14 bits per heavy atom. The molecule has 1 aliphatic heterocycles. The number of rotatable bonds is 4. The first-order valence-electron chi connectivity index (χ1n) is 9.87. The predicted molar refractivity (Wildman–Crippen MR) is 121 cm³/mol. The van der Waals surface area contributed by atoms with Crippen molar-refractivity contribution in [3.05, 3.63) is 59.7 Å². The Labute approximate surface area is 179 Å². The summed E-state index contributed by atoms with van der Waals surface area (Å²) in [4.78, 5) is 25.2. The lowest BCUT2D eigenvalue weighted by atomic mass is 9.87. The van der Waals surface area contributed by atoms with Crippen LogP contribution < -0.4 is 16.0 Å². The Morgan fingerprint density at radius 1 is 0.966 bits per heavy atom. The second-order valence-corrected chi connectivity index (χ2v) is 8.36. The van der Waals surface area contributed by atoms with Gasteiger partial charge in [-0.25, -0.2) is 0 Å². The summed E-state index contributed by atoms with van der Waals surface area (Å²) in [5.74, 6) is -0.243. The van der Waals surface area contributed by atoms with Crippen molar-refractivity contribution in [2.75, 3.05) is 23.7 Å². The zero-order valence-electron chi connectivity index (χ0n) is 17.2. The van der Waals surface area contributed by atoms with Crippen LogP contribution >= 0.6 is 12.4 Å². The van der Waals surface area contributed by atoms with Gasteiger partial charge in [0.05, 0.1) is 17.3 Å². The maximum atomic E-state index is 12.7. The summed E-state index contributed by atoms with van der Waals surface area (Å²) in [7, 11) is 0. The Balaban J connectivity index is 0.00000300. The number of hydrogen-bond acceptors (Lipinski definition) is 3. The van der Waals surface area contributed by atoms with Gasteiger partial charge >= 0.3 is 0 Å². The molecule has 3 rings (SSSR count). The van der Waals surface area contributed by atoms with Gasteiger partial charge in [-0.15, -0.1) is 12.4 Å². The van der Waals surface area contributed by atoms with Gasteiger partial charge in [0.15, 0.2) is 0 Å². The molecule has 1 heterocycles. The lowest BCUT2D eigenvalue weighted by Crippen LogP contribution is -2.37. The molecule has 1 unspecified atom stereocenters. The van der Waals surface area contributed by atoms with E-state index in [2.05, 4.69) is 36.7 Å². The second-order valence-electron chi connectivity index (χ2n) is 8.36.